The number of rotatable bonds is 6. The molecule has 0 atom stereocenters. The molecular weight excluding hydrogens is 288 g/mol. The van der Waals surface area contributed by atoms with Crippen molar-refractivity contribution >= 4 is 0 Å². The van der Waals surface area contributed by atoms with Crippen molar-refractivity contribution in [3.8, 4) is 0 Å². The van der Waals surface area contributed by atoms with Gasteiger partial charge in [-0.05, 0) is 21.1 Å². The van der Waals surface area contributed by atoms with Gasteiger partial charge < -0.3 is 0 Å². The van der Waals surface area contributed by atoms with Gasteiger partial charge >= 0.3 is 0 Å². The zero-order chi connectivity index (χ0) is 16.4. The van der Waals surface area contributed by atoms with Gasteiger partial charge in [-0.1, -0.05) is 6.92 Å². The van der Waals surface area contributed by atoms with E-state index >= 15 is 0 Å². The fraction of sp³-hybridized carbons (Fsp3) is 0.824. The first-order valence-electron chi connectivity index (χ1n) is 8.59. The van der Waals surface area contributed by atoms with E-state index in [-0.39, 0.29) is 5.41 Å². The second-order valence-electron chi connectivity index (χ2n) is 7.64. The average Bonchev–Trinajstić information content (AvgIpc) is 3.14. The van der Waals surface area contributed by atoms with Crippen LogP contribution in [0.5, 0.6) is 0 Å². The van der Waals surface area contributed by atoms with E-state index in [0.717, 1.165) is 58.9 Å². The van der Waals surface area contributed by atoms with Crippen LogP contribution in [-0.2, 0) is 0 Å². The lowest BCUT2D eigenvalue weighted by Gasteiger charge is -2.38. The summed E-state index contributed by atoms with van der Waals surface area (Å²) in [4.78, 5) is 13.5. The van der Waals surface area contributed by atoms with E-state index in [2.05, 4.69) is 77.5 Å². The smallest absolute Gasteiger partial charge is 0.146 e. The second-order valence-corrected chi connectivity index (χ2v) is 7.64. The van der Waals surface area contributed by atoms with Gasteiger partial charge in [-0.25, -0.2) is 0 Å². The maximum atomic E-state index is 3.44. The fourth-order valence-corrected chi connectivity index (χ4v) is 3.71. The van der Waals surface area contributed by atoms with Gasteiger partial charge in [0.25, 0.3) is 0 Å². The summed E-state index contributed by atoms with van der Waals surface area (Å²) in [5, 5.41) is 0. The molecule has 6 heteroatoms. The van der Waals surface area contributed by atoms with Gasteiger partial charge in [-0.2, -0.15) is 0 Å². The van der Waals surface area contributed by atoms with Crippen LogP contribution in [0, 0.1) is 25.4 Å². The predicted octanol–water partition coefficient (Wildman–Crippen LogP) is -0.276. The summed E-state index contributed by atoms with van der Waals surface area (Å²) in [5.41, 5.74) is 0.161. The third-order valence-corrected chi connectivity index (χ3v) is 4.77. The van der Waals surface area contributed by atoms with Crippen molar-refractivity contribution in [2.24, 2.45) is 5.41 Å². The lowest BCUT2D eigenvalue weighted by Crippen LogP contribution is -2.47. The predicted molar refractivity (Wildman–Crippen MR) is 90.4 cm³/mol. The maximum Gasteiger partial charge on any atom is 0.146 e. The van der Waals surface area contributed by atoms with Crippen molar-refractivity contribution in [1.82, 2.24) is 29.4 Å². The van der Waals surface area contributed by atoms with Crippen molar-refractivity contribution < 1.29 is 0 Å². The molecule has 3 aliphatic rings. The van der Waals surface area contributed by atoms with Gasteiger partial charge in [-0.3, -0.25) is 29.4 Å². The minimum Gasteiger partial charge on any atom is -0.281 e. The van der Waals surface area contributed by atoms with Crippen LogP contribution in [-0.4, -0.2) is 109 Å². The molecule has 0 aliphatic carbocycles. The lowest BCUT2D eigenvalue weighted by molar-refractivity contribution is 0.109. The highest BCUT2D eigenvalue weighted by molar-refractivity contribution is 4.94. The van der Waals surface area contributed by atoms with Crippen LogP contribution in [0.3, 0.4) is 0 Å². The molecule has 0 aromatic carbocycles. The van der Waals surface area contributed by atoms with E-state index in [9.17, 15) is 0 Å². The Hall–Kier alpha value is -0.240. The van der Waals surface area contributed by atoms with E-state index in [1.165, 1.54) is 0 Å². The van der Waals surface area contributed by atoms with Crippen LogP contribution >= 0.6 is 0 Å². The van der Waals surface area contributed by atoms with Gasteiger partial charge in [0.1, 0.15) is 20.0 Å². The highest BCUT2D eigenvalue weighted by Crippen LogP contribution is 2.27. The zero-order valence-corrected chi connectivity index (χ0v) is 15.0. The Kier molecular flexibility index (Phi) is 5.61. The average molecular weight is 318 g/mol. The number of likely N-dealkylation sites (N-methyl/N-ethyl adjacent to an activating group) is 3. The van der Waals surface area contributed by atoms with Crippen LogP contribution in [0.2, 0.25) is 0 Å². The van der Waals surface area contributed by atoms with Crippen molar-refractivity contribution in [1.29, 1.82) is 0 Å². The largest absolute Gasteiger partial charge is 0.281 e. The minimum atomic E-state index is 0.161. The molecule has 0 bridgehead atoms. The Labute approximate surface area is 142 Å². The normalized spacial score (nSPS) is 27.7. The van der Waals surface area contributed by atoms with E-state index in [1.807, 2.05) is 0 Å². The molecule has 3 rings (SSSR count). The van der Waals surface area contributed by atoms with Crippen molar-refractivity contribution in [2.75, 3.05) is 80.0 Å². The van der Waals surface area contributed by atoms with Crippen molar-refractivity contribution in [3.05, 3.63) is 20.0 Å². The molecular formula is C17H30N6. The molecule has 3 fully saturated rings. The van der Waals surface area contributed by atoms with Gasteiger partial charge in [-0.15, -0.1) is 0 Å². The first-order chi connectivity index (χ1) is 10.9. The topological polar surface area (TPSA) is 19.4 Å². The number of hydrogen-bond donors (Lipinski definition) is 0. The molecule has 0 saturated carbocycles. The Bertz CT molecular complexity index is 334. The van der Waals surface area contributed by atoms with Crippen LogP contribution in [0.25, 0.3) is 0 Å². The monoisotopic (exact) mass is 318 g/mol. The molecule has 0 amide bonds. The molecule has 128 valence electrons. The molecule has 3 saturated heterocycles. The van der Waals surface area contributed by atoms with Gasteiger partial charge in [0.15, 0.2) is 0 Å². The quantitative estimate of drug-likeness (QED) is 0.666. The number of nitrogens with zero attached hydrogens (tertiary/aromatic N) is 6. The van der Waals surface area contributed by atoms with E-state index in [0.29, 0.717) is 0 Å². The third kappa shape index (κ3) is 4.87. The first-order valence-corrected chi connectivity index (χ1v) is 8.59. The van der Waals surface area contributed by atoms with Crippen LogP contribution in [0.15, 0.2) is 0 Å². The molecule has 6 nitrogen and oxygen atoms in total. The second kappa shape index (κ2) is 7.33. The standard InChI is InChI=1S/C17H30N6/c1-17(11-21-8-5-18(2)14-21,12-22-9-6-19(3)15-22)13-23-10-7-20(4)16-23/h5-13H2,1-4H3. The minimum absolute atomic E-state index is 0.161. The van der Waals surface area contributed by atoms with Crippen molar-refractivity contribution in [2.45, 2.75) is 6.92 Å². The SMILES string of the molecule is CN1[C]N(CC(C)(CN2[C]N(C)CC2)CN2[C]N(C)CC2)CC1. The fourth-order valence-electron chi connectivity index (χ4n) is 3.71. The molecule has 23 heavy (non-hydrogen) atoms. The van der Waals surface area contributed by atoms with Crippen LogP contribution in [0.1, 0.15) is 6.92 Å². The van der Waals surface area contributed by atoms with E-state index < -0.39 is 0 Å². The Balaban J connectivity index is 1.61. The van der Waals surface area contributed by atoms with Gasteiger partial charge in [0.05, 0.1) is 0 Å². The molecule has 0 aromatic rings. The lowest BCUT2D eigenvalue weighted by atomic mass is 9.88. The zero-order valence-electron chi connectivity index (χ0n) is 15.0. The van der Waals surface area contributed by atoms with Gasteiger partial charge in [0, 0.05) is 64.3 Å². The summed E-state index contributed by atoms with van der Waals surface area (Å²) in [6.45, 7) is 22.3. The Morgan fingerprint density at radius 3 is 1.13 bits per heavy atom. The Morgan fingerprint density at radius 2 is 0.913 bits per heavy atom. The van der Waals surface area contributed by atoms with Gasteiger partial charge in [0.2, 0.25) is 0 Å². The first kappa shape index (κ1) is 17.6. The summed E-state index contributed by atoms with van der Waals surface area (Å²) in [7, 11) is 6.31. The molecule has 0 aromatic heterocycles. The summed E-state index contributed by atoms with van der Waals surface area (Å²) in [5.74, 6) is 0. The van der Waals surface area contributed by atoms with Crippen LogP contribution in [0.4, 0.5) is 0 Å². The molecule has 0 unspecified atom stereocenters. The van der Waals surface area contributed by atoms with Crippen LogP contribution < -0.4 is 0 Å². The summed E-state index contributed by atoms with van der Waals surface area (Å²) in [6, 6.07) is 0. The Morgan fingerprint density at radius 1 is 0.609 bits per heavy atom. The van der Waals surface area contributed by atoms with Crippen molar-refractivity contribution in [3.63, 3.8) is 0 Å². The highest BCUT2D eigenvalue weighted by Gasteiger charge is 2.36. The molecule has 6 radical (unpaired) electrons. The number of hydrogen-bond acceptors (Lipinski definition) is 6. The molecule has 0 spiro atoms. The van der Waals surface area contributed by atoms with E-state index in [1.54, 1.807) is 0 Å². The summed E-state index contributed by atoms with van der Waals surface area (Å²) >= 11 is 0. The summed E-state index contributed by atoms with van der Waals surface area (Å²) in [6.07, 6.45) is 0. The molecule has 3 heterocycles. The maximum absolute atomic E-state index is 3.44. The molecule has 3 aliphatic heterocycles. The summed E-state index contributed by atoms with van der Waals surface area (Å²) < 4.78 is 0. The third-order valence-electron chi connectivity index (χ3n) is 4.77. The molecule has 0 N–H and O–H groups in total. The highest BCUT2D eigenvalue weighted by atomic mass is 15.4. The van der Waals surface area contributed by atoms with E-state index in [4.69, 9.17) is 0 Å².